The van der Waals surface area contributed by atoms with Gasteiger partial charge in [-0.1, -0.05) is 6.08 Å². The zero-order valence-electron chi connectivity index (χ0n) is 22.2. The number of amides is 4. The lowest BCUT2D eigenvalue weighted by atomic mass is 9.93. The molecule has 37 heavy (non-hydrogen) atoms. The highest BCUT2D eigenvalue weighted by Gasteiger charge is 2.36. The summed E-state index contributed by atoms with van der Waals surface area (Å²) in [5.41, 5.74) is -1.50. The molecule has 3 rings (SSSR count). The lowest BCUT2D eigenvalue weighted by molar-refractivity contribution is -0.138. The number of nitrogens with zero attached hydrogens (tertiary/aromatic N) is 4. The van der Waals surface area contributed by atoms with Gasteiger partial charge < -0.3 is 25.0 Å². The molecule has 3 N–H and O–H groups in total. The summed E-state index contributed by atoms with van der Waals surface area (Å²) in [6, 6.07) is 1.16. The molecule has 204 valence electrons. The molecule has 1 aromatic rings. The molecule has 1 aromatic heterocycles. The molecular formula is C25H38N6O6. The van der Waals surface area contributed by atoms with Crippen molar-refractivity contribution in [1.82, 2.24) is 24.7 Å². The van der Waals surface area contributed by atoms with Crippen LogP contribution in [0.1, 0.15) is 53.9 Å². The van der Waals surface area contributed by atoms with Gasteiger partial charge in [-0.25, -0.2) is 14.4 Å². The van der Waals surface area contributed by atoms with E-state index < -0.39 is 29.0 Å². The van der Waals surface area contributed by atoms with Crippen LogP contribution in [0.4, 0.5) is 15.4 Å². The zero-order chi connectivity index (χ0) is 27.4. The summed E-state index contributed by atoms with van der Waals surface area (Å²) < 4.78 is 6.71. The maximum absolute atomic E-state index is 13.0. The Labute approximate surface area is 216 Å². The lowest BCUT2D eigenvalue weighted by Crippen LogP contribution is -2.60. The molecule has 12 heteroatoms. The van der Waals surface area contributed by atoms with Crippen LogP contribution in [0.3, 0.4) is 0 Å². The summed E-state index contributed by atoms with van der Waals surface area (Å²) in [6.07, 6.45) is 5.04. The van der Waals surface area contributed by atoms with Gasteiger partial charge in [-0.2, -0.15) is 4.98 Å². The van der Waals surface area contributed by atoms with Crippen molar-refractivity contribution in [2.75, 3.05) is 38.1 Å². The maximum atomic E-state index is 13.0. The van der Waals surface area contributed by atoms with E-state index in [4.69, 9.17) is 4.74 Å². The average Bonchev–Trinajstić information content (AvgIpc) is 2.82. The highest BCUT2D eigenvalue weighted by atomic mass is 16.6. The zero-order valence-corrected chi connectivity index (χ0v) is 22.2. The van der Waals surface area contributed by atoms with E-state index in [1.165, 1.54) is 4.57 Å². The second-order valence-corrected chi connectivity index (χ2v) is 10.9. The SMILES string of the molecule is CC(C)(C)OC(=O)NC(C)(C)C(=O)N1CCN(C(=O)Nc2ccn(C3=CCC(CO)CC3)c(=O)n2)CC1. The van der Waals surface area contributed by atoms with Gasteiger partial charge in [0.15, 0.2) is 0 Å². The molecule has 1 unspecified atom stereocenters. The number of anilines is 1. The molecule has 1 fully saturated rings. The van der Waals surface area contributed by atoms with Gasteiger partial charge in [-0.15, -0.1) is 0 Å². The smallest absolute Gasteiger partial charge is 0.408 e. The summed E-state index contributed by atoms with van der Waals surface area (Å²) in [7, 11) is 0. The first-order valence-electron chi connectivity index (χ1n) is 12.6. The predicted octanol–water partition coefficient (Wildman–Crippen LogP) is 1.86. The molecule has 4 amide bonds. The second kappa shape index (κ2) is 11.3. The normalized spacial score (nSPS) is 18.6. The Morgan fingerprint density at radius 2 is 1.76 bits per heavy atom. The summed E-state index contributed by atoms with van der Waals surface area (Å²) in [5.74, 6) is 0.0946. The molecular weight excluding hydrogens is 480 g/mol. The number of hydrogen-bond donors (Lipinski definition) is 3. The maximum Gasteiger partial charge on any atom is 0.408 e. The van der Waals surface area contributed by atoms with E-state index >= 15 is 0 Å². The van der Waals surface area contributed by atoms with Crippen molar-refractivity contribution in [3.8, 4) is 0 Å². The van der Waals surface area contributed by atoms with Gasteiger partial charge in [0.2, 0.25) is 5.91 Å². The molecule has 1 saturated heterocycles. The fraction of sp³-hybridized carbons (Fsp3) is 0.640. The van der Waals surface area contributed by atoms with Crippen LogP contribution >= 0.6 is 0 Å². The molecule has 1 aliphatic carbocycles. The predicted molar refractivity (Wildman–Crippen MR) is 138 cm³/mol. The number of carbonyl (C=O) groups is 3. The monoisotopic (exact) mass is 518 g/mol. The largest absolute Gasteiger partial charge is 0.444 e. The van der Waals surface area contributed by atoms with E-state index in [9.17, 15) is 24.3 Å². The Hall–Kier alpha value is -3.41. The Morgan fingerprint density at radius 3 is 2.30 bits per heavy atom. The quantitative estimate of drug-likeness (QED) is 0.539. The molecule has 12 nitrogen and oxygen atoms in total. The van der Waals surface area contributed by atoms with Gasteiger partial charge in [0, 0.05) is 44.7 Å². The van der Waals surface area contributed by atoms with Gasteiger partial charge in [0.25, 0.3) is 0 Å². The average molecular weight is 519 g/mol. The number of aliphatic hydroxyl groups is 1. The molecule has 2 heterocycles. The number of carbonyl (C=O) groups excluding carboxylic acids is 3. The third-order valence-electron chi connectivity index (χ3n) is 6.30. The van der Waals surface area contributed by atoms with Crippen molar-refractivity contribution in [3.63, 3.8) is 0 Å². The molecule has 0 aromatic carbocycles. The van der Waals surface area contributed by atoms with E-state index in [0.29, 0.717) is 25.9 Å². The Kier molecular flexibility index (Phi) is 8.62. The van der Waals surface area contributed by atoms with Crippen LogP contribution in [0.2, 0.25) is 0 Å². The van der Waals surface area contributed by atoms with Crippen molar-refractivity contribution in [1.29, 1.82) is 0 Å². The molecule has 0 radical (unpaired) electrons. The molecule has 1 aliphatic heterocycles. The first-order valence-corrected chi connectivity index (χ1v) is 12.6. The van der Waals surface area contributed by atoms with Gasteiger partial charge in [-0.05, 0) is 65.9 Å². The van der Waals surface area contributed by atoms with Gasteiger partial charge in [0.1, 0.15) is 17.0 Å². The van der Waals surface area contributed by atoms with Crippen molar-refractivity contribution < 1.29 is 24.2 Å². The van der Waals surface area contributed by atoms with Gasteiger partial charge in [-0.3, -0.25) is 14.7 Å². The van der Waals surface area contributed by atoms with Crippen LogP contribution in [-0.4, -0.2) is 86.4 Å². The Bertz CT molecular complexity index is 1100. The highest BCUT2D eigenvalue weighted by molar-refractivity contribution is 5.90. The van der Waals surface area contributed by atoms with Gasteiger partial charge >= 0.3 is 17.8 Å². The molecule has 0 saturated carbocycles. The number of aromatic nitrogens is 2. The van der Waals surface area contributed by atoms with E-state index in [1.807, 2.05) is 6.08 Å². The van der Waals surface area contributed by atoms with Crippen LogP contribution < -0.4 is 16.3 Å². The molecule has 0 spiro atoms. The lowest BCUT2D eigenvalue weighted by Gasteiger charge is -2.38. The molecule has 2 aliphatic rings. The third kappa shape index (κ3) is 7.54. The van der Waals surface area contributed by atoms with Crippen LogP contribution in [-0.2, 0) is 9.53 Å². The number of aliphatic hydroxyl groups excluding tert-OH is 1. The number of ether oxygens (including phenoxy) is 1. The summed E-state index contributed by atoms with van der Waals surface area (Å²) >= 11 is 0. The van der Waals surface area contributed by atoms with Crippen LogP contribution in [0.15, 0.2) is 23.1 Å². The Morgan fingerprint density at radius 1 is 1.11 bits per heavy atom. The highest BCUT2D eigenvalue weighted by Crippen LogP contribution is 2.25. The van der Waals surface area contributed by atoms with Crippen molar-refractivity contribution >= 4 is 29.5 Å². The molecule has 1 atom stereocenters. The number of piperazine rings is 1. The fourth-order valence-electron chi connectivity index (χ4n) is 4.26. The summed E-state index contributed by atoms with van der Waals surface area (Å²) in [5, 5.41) is 14.5. The second-order valence-electron chi connectivity index (χ2n) is 10.9. The van der Waals surface area contributed by atoms with Gasteiger partial charge in [0.05, 0.1) is 0 Å². The van der Waals surface area contributed by atoms with E-state index in [-0.39, 0.29) is 37.3 Å². The summed E-state index contributed by atoms with van der Waals surface area (Å²) in [6.45, 7) is 9.75. The number of rotatable bonds is 5. The first kappa shape index (κ1) is 28.2. The summed E-state index contributed by atoms with van der Waals surface area (Å²) in [4.78, 5) is 57.5. The number of hydrogen-bond acceptors (Lipinski definition) is 7. The minimum atomic E-state index is -1.17. The number of urea groups is 1. The standard InChI is InChI=1S/C25H38N6O6/c1-24(2,3)37-23(36)28-25(4,5)20(33)29-12-14-30(15-13-29)21(34)26-19-10-11-31(22(35)27-19)18-8-6-17(16-32)7-9-18/h8,10-11,17,32H,6-7,9,12-16H2,1-5H3,(H,28,36)(H,26,27,34,35). The van der Waals surface area contributed by atoms with E-state index in [0.717, 1.165) is 12.1 Å². The van der Waals surface area contributed by atoms with Crippen LogP contribution in [0, 0.1) is 5.92 Å². The molecule has 0 bridgehead atoms. The number of nitrogens with one attached hydrogen (secondary N) is 2. The fourth-order valence-corrected chi connectivity index (χ4v) is 4.26. The third-order valence-corrected chi connectivity index (χ3v) is 6.30. The minimum absolute atomic E-state index is 0.130. The van der Waals surface area contributed by atoms with Crippen molar-refractivity contribution in [3.05, 3.63) is 28.8 Å². The van der Waals surface area contributed by atoms with E-state index in [2.05, 4.69) is 15.6 Å². The Balaban J connectivity index is 1.52. The first-order chi connectivity index (χ1) is 17.3. The minimum Gasteiger partial charge on any atom is -0.444 e. The van der Waals surface area contributed by atoms with Crippen LogP contribution in [0.5, 0.6) is 0 Å². The van der Waals surface area contributed by atoms with E-state index in [1.54, 1.807) is 56.7 Å². The van der Waals surface area contributed by atoms with Crippen LogP contribution in [0.25, 0.3) is 5.70 Å². The van der Waals surface area contributed by atoms with Crippen molar-refractivity contribution in [2.24, 2.45) is 5.92 Å². The van der Waals surface area contributed by atoms with Crippen molar-refractivity contribution in [2.45, 2.75) is 65.0 Å². The topological polar surface area (TPSA) is 146 Å². The number of alkyl carbamates (subject to hydrolysis) is 1. The number of allylic oxidation sites excluding steroid dienone is 2.